The quantitative estimate of drug-likeness (QED) is 0.740. The van der Waals surface area contributed by atoms with Crippen molar-refractivity contribution in [3.63, 3.8) is 0 Å². The first-order valence-electron chi connectivity index (χ1n) is 6.86. The second-order valence-corrected chi connectivity index (χ2v) is 5.60. The van der Waals surface area contributed by atoms with Gasteiger partial charge in [-0.1, -0.05) is 12.8 Å². The van der Waals surface area contributed by atoms with E-state index >= 15 is 0 Å². The van der Waals surface area contributed by atoms with Gasteiger partial charge in [-0.05, 0) is 43.9 Å². The third-order valence-corrected chi connectivity index (χ3v) is 4.49. The van der Waals surface area contributed by atoms with E-state index in [2.05, 4.69) is 5.32 Å². The Bertz CT molecular complexity index is 252. The predicted molar refractivity (Wildman–Crippen MR) is 66.7 cm³/mol. The average Bonchev–Trinajstić information content (AvgIpc) is 2.75. The Hall–Kier alpha value is -0.770. The third kappa shape index (κ3) is 3.60. The van der Waals surface area contributed by atoms with E-state index < -0.39 is 6.09 Å². The second kappa shape index (κ2) is 5.71. The summed E-state index contributed by atoms with van der Waals surface area (Å²) in [5.41, 5.74) is 5.60. The number of hydrogen-bond donors (Lipinski definition) is 2. The van der Waals surface area contributed by atoms with E-state index in [1.54, 1.807) is 0 Å². The Morgan fingerprint density at radius 2 is 1.88 bits per heavy atom. The van der Waals surface area contributed by atoms with E-state index in [1.807, 2.05) is 0 Å². The van der Waals surface area contributed by atoms with Crippen molar-refractivity contribution in [1.29, 1.82) is 0 Å². The SMILES string of the molecule is NC(=O)OCCNC1CCC2(CCCC2)CC1. The van der Waals surface area contributed by atoms with Crippen molar-refractivity contribution >= 4 is 6.09 Å². The van der Waals surface area contributed by atoms with Crippen LogP contribution in [0.4, 0.5) is 4.79 Å². The van der Waals surface area contributed by atoms with Crippen LogP contribution in [0, 0.1) is 5.41 Å². The molecule has 0 heterocycles. The van der Waals surface area contributed by atoms with Crippen molar-refractivity contribution in [2.75, 3.05) is 13.2 Å². The Labute approximate surface area is 103 Å². The number of carbonyl (C=O) groups excluding carboxylic acids is 1. The van der Waals surface area contributed by atoms with Crippen molar-refractivity contribution in [3.05, 3.63) is 0 Å². The highest BCUT2D eigenvalue weighted by molar-refractivity contribution is 5.64. The molecule has 0 aromatic heterocycles. The summed E-state index contributed by atoms with van der Waals surface area (Å²) in [4.78, 5) is 10.4. The fourth-order valence-corrected chi connectivity index (χ4v) is 3.47. The van der Waals surface area contributed by atoms with Gasteiger partial charge >= 0.3 is 6.09 Å². The Kier molecular flexibility index (Phi) is 4.26. The van der Waals surface area contributed by atoms with Gasteiger partial charge in [0, 0.05) is 12.6 Å². The zero-order valence-electron chi connectivity index (χ0n) is 10.5. The largest absolute Gasteiger partial charge is 0.448 e. The van der Waals surface area contributed by atoms with E-state index in [-0.39, 0.29) is 0 Å². The molecule has 0 aromatic carbocycles. The van der Waals surface area contributed by atoms with Gasteiger partial charge in [-0.25, -0.2) is 4.79 Å². The molecule has 0 unspecified atom stereocenters. The topological polar surface area (TPSA) is 64.4 Å². The highest BCUT2D eigenvalue weighted by Gasteiger charge is 2.37. The van der Waals surface area contributed by atoms with E-state index in [9.17, 15) is 4.79 Å². The molecule has 1 amide bonds. The lowest BCUT2D eigenvalue weighted by atomic mass is 9.71. The number of ether oxygens (including phenoxy) is 1. The maximum atomic E-state index is 10.4. The molecule has 3 N–H and O–H groups in total. The first-order chi connectivity index (χ1) is 8.20. The van der Waals surface area contributed by atoms with Crippen molar-refractivity contribution in [2.45, 2.75) is 57.4 Å². The van der Waals surface area contributed by atoms with E-state index in [1.165, 1.54) is 51.4 Å². The van der Waals surface area contributed by atoms with Crippen LogP contribution in [0.5, 0.6) is 0 Å². The summed E-state index contributed by atoms with van der Waals surface area (Å²) >= 11 is 0. The normalized spacial score (nSPS) is 24.0. The Morgan fingerprint density at radius 1 is 1.24 bits per heavy atom. The molecular weight excluding hydrogens is 216 g/mol. The predicted octanol–water partition coefficient (Wildman–Crippen LogP) is 2.17. The summed E-state index contributed by atoms with van der Waals surface area (Å²) in [6.45, 7) is 1.11. The van der Waals surface area contributed by atoms with Gasteiger partial charge in [-0.3, -0.25) is 0 Å². The van der Waals surface area contributed by atoms with E-state index in [4.69, 9.17) is 10.5 Å². The molecule has 4 nitrogen and oxygen atoms in total. The van der Waals surface area contributed by atoms with Crippen LogP contribution in [-0.2, 0) is 4.74 Å². The molecular formula is C13H24N2O2. The van der Waals surface area contributed by atoms with E-state index in [0.29, 0.717) is 18.1 Å². The number of amides is 1. The van der Waals surface area contributed by atoms with Crippen LogP contribution in [-0.4, -0.2) is 25.3 Å². The smallest absolute Gasteiger partial charge is 0.404 e. The van der Waals surface area contributed by atoms with Crippen LogP contribution >= 0.6 is 0 Å². The molecule has 0 aromatic rings. The lowest BCUT2D eigenvalue weighted by Gasteiger charge is -2.37. The molecule has 2 fully saturated rings. The van der Waals surface area contributed by atoms with Crippen LogP contribution in [0.2, 0.25) is 0 Å². The first-order valence-corrected chi connectivity index (χ1v) is 6.86. The van der Waals surface area contributed by atoms with E-state index in [0.717, 1.165) is 6.54 Å². The minimum absolute atomic E-state index is 0.386. The van der Waals surface area contributed by atoms with Gasteiger partial charge in [0.15, 0.2) is 0 Å². The standard InChI is InChI=1S/C13H24N2O2/c14-12(16)17-10-9-15-11-3-7-13(8-4-11)5-1-2-6-13/h11,15H,1-10H2,(H2,14,16). The highest BCUT2D eigenvalue weighted by atomic mass is 16.5. The van der Waals surface area contributed by atoms with Crippen molar-refractivity contribution < 1.29 is 9.53 Å². The van der Waals surface area contributed by atoms with Gasteiger partial charge < -0.3 is 15.8 Å². The van der Waals surface area contributed by atoms with Crippen molar-refractivity contribution in [2.24, 2.45) is 11.1 Å². The molecule has 2 saturated carbocycles. The van der Waals surface area contributed by atoms with Crippen LogP contribution in [0.15, 0.2) is 0 Å². The Morgan fingerprint density at radius 3 is 2.47 bits per heavy atom. The molecule has 4 heteroatoms. The zero-order valence-corrected chi connectivity index (χ0v) is 10.5. The number of nitrogens with one attached hydrogen (secondary N) is 1. The molecule has 98 valence electrons. The molecule has 0 aliphatic heterocycles. The summed E-state index contributed by atoms with van der Waals surface area (Å²) in [5, 5.41) is 3.45. The zero-order chi connectivity index (χ0) is 12.1. The van der Waals surface area contributed by atoms with Crippen LogP contribution in [0.3, 0.4) is 0 Å². The fraction of sp³-hybridized carbons (Fsp3) is 0.923. The first kappa shape index (κ1) is 12.7. The Balaban J connectivity index is 1.60. The summed E-state index contributed by atoms with van der Waals surface area (Å²) in [6, 6.07) is 0.609. The number of hydrogen-bond acceptors (Lipinski definition) is 3. The van der Waals surface area contributed by atoms with Gasteiger partial charge in [0.05, 0.1) is 0 Å². The van der Waals surface area contributed by atoms with Gasteiger partial charge in [0.25, 0.3) is 0 Å². The van der Waals surface area contributed by atoms with Crippen LogP contribution in [0.25, 0.3) is 0 Å². The average molecular weight is 240 g/mol. The van der Waals surface area contributed by atoms with Crippen LogP contribution < -0.4 is 11.1 Å². The molecule has 1 spiro atoms. The molecule has 0 atom stereocenters. The number of carbonyl (C=O) groups is 1. The maximum Gasteiger partial charge on any atom is 0.404 e. The summed E-state index contributed by atoms with van der Waals surface area (Å²) in [6.07, 6.45) is 10.4. The molecule has 17 heavy (non-hydrogen) atoms. The highest BCUT2D eigenvalue weighted by Crippen LogP contribution is 2.48. The van der Waals surface area contributed by atoms with Crippen molar-refractivity contribution in [3.8, 4) is 0 Å². The lowest BCUT2D eigenvalue weighted by Crippen LogP contribution is -2.38. The number of primary amides is 1. The molecule has 2 aliphatic carbocycles. The third-order valence-electron chi connectivity index (χ3n) is 4.49. The summed E-state index contributed by atoms with van der Waals surface area (Å²) in [7, 11) is 0. The second-order valence-electron chi connectivity index (χ2n) is 5.60. The van der Waals surface area contributed by atoms with Gasteiger partial charge in [0.2, 0.25) is 0 Å². The minimum atomic E-state index is -0.680. The maximum absolute atomic E-state index is 10.4. The van der Waals surface area contributed by atoms with Crippen molar-refractivity contribution in [1.82, 2.24) is 5.32 Å². The van der Waals surface area contributed by atoms with Gasteiger partial charge in [0.1, 0.15) is 6.61 Å². The van der Waals surface area contributed by atoms with Gasteiger partial charge in [-0.2, -0.15) is 0 Å². The monoisotopic (exact) mass is 240 g/mol. The number of rotatable bonds is 4. The number of nitrogens with two attached hydrogens (primary N) is 1. The molecule has 0 saturated heterocycles. The molecule has 2 aliphatic rings. The van der Waals surface area contributed by atoms with Crippen LogP contribution in [0.1, 0.15) is 51.4 Å². The fourth-order valence-electron chi connectivity index (χ4n) is 3.47. The minimum Gasteiger partial charge on any atom is -0.448 e. The molecule has 0 bridgehead atoms. The molecule has 0 radical (unpaired) electrons. The summed E-state index contributed by atoms with van der Waals surface area (Å²) < 4.78 is 4.70. The lowest BCUT2D eigenvalue weighted by molar-refractivity contribution is 0.145. The van der Waals surface area contributed by atoms with Gasteiger partial charge in [-0.15, -0.1) is 0 Å². The molecule has 2 rings (SSSR count). The summed E-state index contributed by atoms with van der Waals surface area (Å²) in [5.74, 6) is 0.